The molecule has 1 saturated heterocycles. The predicted molar refractivity (Wildman–Crippen MR) is 111 cm³/mol. The number of benzene rings is 1. The number of nitrogens with one attached hydrogen (secondary N) is 1. The van der Waals surface area contributed by atoms with Crippen molar-refractivity contribution < 1.29 is 4.79 Å². The van der Waals surface area contributed by atoms with E-state index in [2.05, 4.69) is 49.4 Å². The number of amides is 1. The van der Waals surface area contributed by atoms with E-state index in [1.807, 2.05) is 30.3 Å². The van der Waals surface area contributed by atoms with Gasteiger partial charge in [-0.1, -0.05) is 24.3 Å². The van der Waals surface area contributed by atoms with Crippen LogP contribution in [0.4, 0.5) is 11.4 Å². The number of aromatic nitrogens is 2. The van der Waals surface area contributed by atoms with Crippen molar-refractivity contribution in [2.45, 2.75) is 6.54 Å². The first-order valence-electron chi connectivity index (χ1n) is 9.49. The molecule has 4 rings (SSSR count). The topological polar surface area (TPSA) is 61.4 Å². The number of hydrogen-bond acceptors (Lipinski definition) is 5. The molecule has 28 heavy (non-hydrogen) atoms. The Balaban J connectivity index is 1.31. The minimum absolute atomic E-state index is 0.189. The number of rotatable bonds is 5. The first kappa shape index (κ1) is 18.0. The maximum Gasteiger partial charge on any atom is 0.270 e. The molecule has 0 aliphatic carbocycles. The average Bonchev–Trinajstić information content (AvgIpc) is 2.79. The quantitative estimate of drug-likeness (QED) is 0.745. The van der Waals surface area contributed by atoms with E-state index in [1.54, 1.807) is 18.5 Å². The van der Waals surface area contributed by atoms with Crippen LogP contribution in [-0.2, 0) is 6.54 Å². The van der Waals surface area contributed by atoms with E-state index < -0.39 is 0 Å². The zero-order valence-electron chi connectivity index (χ0n) is 15.7. The van der Waals surface area contributed by atoms with Gasteiger partial charge in [0.25, 0.3) is 5.91 Å². The monoisotopic (exact) mass is 373 g/mol. The van der Waals surface area contributed by atoms with Gasteiger partial charge in [0.15, 0.2) is 0 Å². The maximum atomic E-state index is 12.3. The summed E-state index contributed by atoms with van der Waals surface area (Å²) < 4.78 is 0. The molecule has 0 saturated carbocycles. The molecule has 3 heterocycles. The molecule has 2 aromatic heterocycles. The number of pyridine rings is 2. The van der Waals surface area contributed by atoms with Gasteiger partial charge in [-0.25, -0.2) is 4.98 Å². The van der Waals surface area contributed by atoms with Gasteiger partial charge in [0.1, 0.15) is 5.69 Å². The first-order valence-corrected chi connectivity index (χ1v) is 9.49. The summed E-state index contributed by atoms with van der Waals surface area (Å²) in [5.41, 5.74) is 3.56. The third-order valence-electron chi connectivity index (χ3n) is 4.90. The highest BCUT2D eigenvalue weighted by molar-refractivity contribution is 5.92. The SMILES string of the molecule is O=C(NCc1ccccn1)c1ccc(N2CCN(c3ccccc3)CC2)cn1. The molecule has 1 aliphatic rings. The van der Waals surface area contributed by atoms with Crippen molar-refractivity contribution in [1.29, 1.82) is 0 Å². The Morgan fingerprint density at radius 3 is 2.18 bits per heavy atom. The van der Waals surface area contributed by atoms with E-state index >= 15 is 0 Å². The Morgan fingerprint density at radius 2 is 1.54 bits per heavy atom. The van der Waals surface area contributed by atoms with Gasteiger partial charge in [-0.05, 0) is 36.4 Å². The molecule has 1 aliphatic heterocycles. The van der Waals surface area contributed by atoms with Gasteiger partial charge in [0.05, 0.1) is 24.1 Å². The predicted octanol–water partition coefficient (Wildman–Crippen LogP) is 2.73. The highest BCUT2D eigenvalue weighted by Gasteiger charge is 2.18. The van der Waals surface area contributed by atoms with Gasteiger partial charge in [0, 0.05) is 38.1 Å². The van der Waals surface area contributed by atoms with Crippen LogP contribution in [0.1, 0.15) is 16.2 Å². The third kappa shape index (κ3) is 4.28. The van der Waals surface area contributed by atoms with E-state index in [0.717, 1.165) is 37.6 Å². The second kappa shape index (κ2) is 8.52. The summed E-state index contributed by atoms with van der Waals surface area (Å²) in [5, 5.41) is 2.85. The van der Waals surface area contributed by atoms with Crippen LogP contribution < -0.4 is 15.1 Å². The van der Waals surface area contributed by atoms with Gasteiger partial charge in [0.2, 0.25) is 0 Å². The fourth-order valence-corrected chi connectivity index (χ4v) is 3.33. The lowest BCUT2D eigenvalue weighted by molar-refractivity contribution is 0.0945. The van der Waals surface area contributed by atoms with Crippen LogP contribution in [0, 0.1) is 0 Å². The molecule has 1 amide bonds. The fraction of sp³-hybridized carbons (Fsp3) is 0.227. The van der Waals surface area contributed by atoms with Crippen molar-refractivity contribution in [2.75, 3.05) is 36.0 Å². The van der Waals surface area contributed by atoms with E-state index in [-0.39, 0.29) is 5.91 Å². The van der Waals surface area contributed by atoms with Gasteiger partial charge in [-0.2, -0.15) is 0 Å². The molecule has 1 fully saturated rings. The van der Waals surface area contributed by atoms with Crippen molar-refractivity contribution in [1.82, 2.24) is 15.3 Å². The third-order valence-corrected chi connectivity index (χ3v) is 4.90. The average molecular weight is 373 g/mol. The number of piperazine rings is 1. The summed E-state index contributed by atoms with van der Waals surface area (Å²) in [6.07, 6.45) is 3.50. The number of nitrogens with zero attached hydrogens (tertiary/aromatic N) is 4. The molecule has 0 spiro atoms. The van der Waals surface area contributed by atoms with E-state index in [1.165, 1.54) is 5.69 Å². The molecule has 6 nitrogen and oxygen atoms in total. The van der Waals surface area contributed by atoms with Crippen LogP contribution in [0.3, 0.4) is 0 Å². The molecule has 0 unspecified atom stereocenters. The number of carbonyl (C=O) groups is 1. The normalized spacial score (nSPS) is 14.0. The maximum absolute atomic E-state index is 12.3. The molecule has 1 N–H and O–H groups in total. The van der Waals surface area contributed by atoms with Crippen molar-refractivity contribution >= 4 is 17.3 Å². The van der Waals surface area contributed by atoms with Gasteiger partial charge < -0.3 is 15.1 Å². The lowest BCUT2D eigenvalue weighted by atomic mass is 10.2. The Bertz CT molecular complexity index is 891. The summed E-state index contributed by atoms with van der Waals surface area (Å²) in [4.78, 5) is 25.5. The lowest BCUT2D eigenvalue weighted by Gasteiger charge is -2.37. The van der Waals surface area contributed by atoms with Crippen LogP contribution in [0.25, 0.3) is 0 Å². The Morgan fingerprint density at radius 1 is 0.821 bits per heavy atom. The highest BCUT2D eigenvalue weighted by Crippen LogP contribution is 2.20. The van der Waals surface area contributed by atoms with Crippen molar-refractivity contribution in [3.8, 4) is 0 Å². The minimum atomic E-state index is -0.189. The number of anilines is 2. The second-order valence-corrected chi connectivity index (χ2v) is 6.72. The van der Waals surface area contributed by atoms with E-state index in [4.69, 9.17) is 0 Å². The number of carbonyl (C=O) groups excluding carboxylic acids is 1. The minimum Gasteiger partial charge on any atom is -0.368 e. The first-order chi connectivity index (χ1) is 13.8. The summed E-state index contributed by atoms with van der Waals surface area (Å²) in [6.45, 7) is 4.20. The molecule has 0 radical (unpaired) electrons. The molecular formula is C22H23N5O. The molecule has 142 valence electrons. The van der Waals surface area contributed by atoms with Gasteiger partial charge in [-0.3, -0.25) is 9.78 Å². The zero-order valence-corrected chi connectivity index (χ0v) is 15.7. The molecular weight excluding hydrogens is 350 g/mol. The molecule has 6 heteroatoms. The second-order valence-electron chi connectivity index (χ2n) is 6.72. The lowest BCUT2D eigenvalue weighted by Crippen LogP contribution is -2.46. The standard InChI is InChI=1S/C22H23N5O/c28-22(25-16-18-6-4-5-11-23-18)21-10-9-20(17-24-21)27-14-12-26(13-15-27)19-7-2-1-3-8-19/h1-11,17H,12-16H2,(H,25,28). The highest BCUT2D eigenvalue weighted by atomic mass is 16.1. The van der Waals surface area contributed by atoms with Crippen LogP contribution >= 0.6 is 0 Å². The molecule has 3 aromatic rings. The smallest absolute Gasteiger partial charge is 0.270 e. The Hall–Kier alpha value is -3.41. The van der Waals surface area contributed by atoms with Crippen LogP contribution in [0.5, 0.6) is 0 Å². The molecule has 0 bridgehead atoms. The van der Waals surface area contributed by atoms with Crippen LogP contribution in [0.15, 0.2) is 73.1 Å². The molecule has 0 atom stereocenters. The summed E-state index contributed by atoms with van der Waals surface area (Å²) in [7, 11) is 0. The molecule has 1 aromatic carbocycles. The Kier molecular flexibility index (Phi) is 5.47. The van der Waals surface area contributed by atoms with Gasteiger partial charge >= 0.3 is 0 Å². The van der Waals surface area contributed by atoms with Crippen molar-refractivity contribution in [3.05, 3.63) is 84.4 Å². The van der Waals surface area contributed by atoms with Gasteiger partial charge in [-0.15, -0.1) is 0 Å². The summed E-state index contributed by atoms with van der Waals surface area (Å²) >= 11 is 0. The zero-order chi connectivity index (χ0) is 19.2. The largest absolute Gasteiger partial charge is 0.368 e. The fourth-order valence-electron chi connectivity index (χ4n) is 3.33. The summed E-state index contributed by atoms with van der Waals surface area (Å²) in [6, 6.07) is 19.9. The summed E-state index contributed by atoms with van der Waals surface area (Å²) in [5.74, 6) is -0.189. The number of para-hydroxylation sites is 1. The van der Waals surface area contributed by atoms with Crippen molar-refractivity contribution in [3.63, 3.8) is 0 Å². The Labute approximate surface area is 164 Å². The number of hydrogen-bond donors (Lipinski definition) is 1. The van der Waals surface area contributed by atoms with E-state index in [9.17, 15) is 4.79 Å². The van der Waals surface area contributed by atoms with Crippen LogP contribution in [0.2, 0.25) is 0 Å². The van der Waals surface area contributed by atoms with Crippen LogP contribution in [-0.4, -0.2) is 42.1 Å². The van der Waals surface area contributed by atoms with E-state index in [0.29, 0.717) is 12.2 Å². The van der Waals surface area contributed by atoms with Crippen molar-refractivity contribution in [2.24, 2.45) is 0 Å².